The summed E-state index contributed by atoms with van der Waals surface area (Å²) in [5.74, 6) is 0.110. The van der Waals surface area contributed by atoms with Gasteiger partial charge >= 0.3 is 0 Å². The van der Waals surface area contributed by atoms with Crippen LogP contribution in [0.5, 0.6) is 5.75 Å². The van der Waals surface area contributed by atoms with Gasteiger partial charge in [0.15, 0.2) is 4.80 Å². The molecule has 7 nitrogen and oxygen atoms in total. The first-order valence-electron chi connectivity index (χ1n) is 9.99. The fraction of sp³-hybridized carbons (Fsp3) is 0.273. The van der Waals surface area contributed by atoms with Crippen LogP contribution in [0.1, 0.15) is 12.8 Å². The Bertz CT molecular complexity index is 1340. The number of carbonyl (C=O) groups is 1. The minimum Gasteiger partial charge on any atom is -0.497 e. The van der Waals surface area contributed by atoms with Crippen molar-refractivity contribution in [1.29, 1.82) is 0 Å². The molecular weight excluding hydrogens is 514 g/mol. The predicted octanol–water partition coefficient (Wildman–Crippen LogP) is 3.94. The summed E-state index contributed by atoms with van der Waals surface area (Å²) < 4.78 is 36.6. The summed E-state index contributed by atoms with van der Waals surface area (Å²) in [6, 6.07) is 11.2. The van der Waals surface area contributed by atoms with Crippen molar-refractivity contribution in [1.82, 2.24) is 8.87 Å². The van der Waals surface area contributed by atoms with E-state index >= 15 is 0 Å². The van der Waals surface area contributed by atoms with E-state index in [0.29, 0.717) is 29.9 Å². The van der Waals surface area contributed by atoms with Gasteiger partial charge in [-0.2, -0.15) is 9.30 Å². The first-order chi connectivity index (χ1) is 15.3. The van der Waals surface area contributed by atoms with Gasteiger partial charge in [-0.1, -0.05) is 33.3 Å². The van der Waals surface area contributed by atoms with Crippen LogP contribution in [0, 0.1) is 0 Å². The number of nitrogens with zero attached hydrogens (tertiary/aromatic N) is 3. The number of fused-ring (bicyclic) bond motifs is 1. The third-order valence-corrected chi connectivity index (χ3v) is 8.77. The molecule has 32 heavy (non-hydrogen) atoms. The smallest absolute Gasteiger partial charge is 0.266 e. The van der Waals surface area contributed by atoms with Crippen molar-refractivity contribution in [3.05, 3.63) is 64.4 Å². The van der Waals surface area contributed by atoms with E-state index in [1.54, 1.807) is 18.2 Å². The Morgan fingerprint density at radius 2 is 2.06 bits per heavy atom. The Morgan fingerprint density at radius 3 is 2.75 bits per heavy atom. The van der Waals surface area contributed by atoms with Crippen molar-refractivity contribution < 1.29 is 17.9 Å². The molecule has 3 aromatic rings. The van der Waals surface area contributed by atoms with E-state index in [9.17, 15) is 13.2 Å². The number of hydrogen-bond donors (Lipinski definition) is 0. The number of rotatable bonds is 6. The molecule has 0 radical (unpaired) electrons. The summed E-state index contributed by atoms with van der Waals surface area (Å²) in [6.07, 6.45) is 2.79. The fourth-order valence-corrected chi connectivity index (χ4v) is 7.01. The molecular formula is C22H22BrN3O4S2. The molecule has 4 rings (SSSR count). The van der Waals surface area contributed by atoms with E-state index in [1.165, 1.54) is 34.9 Å². The van der Waals surface area contributed by atoms with Gasteiger partial charge < -0.3 is 9.30 Å². The van der Waals surface area contributed by atoms with Gasteiger partial charge in [0, 0.05) is 17.6 Å². The summed E-state index contributed by atoms with van der Waals surface area (Å²) in [7, 11) is -2.31. The third-order valence-electron chi connectivity index (χ3n) is 5.32. The van der Waals surface area contributed by atoms with Crippen LogP contribution in [0.3, 0.4) is 0 Å². The van der Waals surface area contributed by atoms with Gasteiger partial charge in [0.2, 0.25) is 10.0 Å². The second-order valence-corrected chi connectivity index (χ2v) is 11.1. The number of thiazole rings is 1. The average Bonchev–Trinajstić information content (AvgIpc) is 3.40. The van der Waals surface area contributed by atoms with E-state index in [2.05, 4.69) is 27.5 Å². The number of carbonyl (C=O) groups excluding carboxylic acids is 1. The second kappa shape index (κ2) is 9.30. The lowest BCUT2D eigenvalue weighted by atomic mass is 10.2. The molecule has 1 aliphatic rings. The Kier molecular flexibility index (Phi) is 6.66. The molecule has 1 saturated heterocycles. The SMILES string of the molecule is C=CCn1c(=NC(=O)C2CCCN2S(=O)(=O)c2ccc(OC)cc2)sc2cc(Br)ccc21. The minimum absolute atomic E-state index is 0.131. The number of ether oxygens (including phenoxy) is 1. The number of amides is 1. The summed E-state index contributed by atoms with van der Waals surface area (Å²) >= 11 is 4.86. The maximum absolute atomic E-state index is 13.2. The molecule has 0 aliphatic carbocycles. The van der Waals surface area contributed by atoms with Crippen molar-refractivity contribution in [2.45, 2.75) is 30.3 Å². The van der Waals surface area contributed by atoms with Crippen molar-refractivity contribution in [2.24, 2.45) is 4.99 Å². The van der Waals surface area contributed by atoms with Gasteiger partial charge in [-0.25, -0.2) is 8.42 Å². The van der Waals surface area contributed by atoms with Crippen LogP contribution in [0.2, 0.25) is 0 Å². The summed E-state index contributed by atoms with van der Waals surface area (Å²) in [6.45, 7) is 4.58. The van der Waals surface area contributed by atoms with Crippen molar-refractivity contribution in [3.8, 4) is 5.75 Å². The molecule has 168 valence electrons. The topological polar surface area (TPSA) is 81.0 Å². The zero-order valence-corrected chi connectivity index (χ0v) is 20.6. The first-order valence-corrected chi connectivity index (χ1v) is 13.0. The molecule has 1 aromatic heterocycles. The van der Waals surface area contributed by atoms with E-state index < -0.39 is 22.0 Å². The lowest BCUT2D eigenvalue weighted by molar-refractivity contribution is -0.121. The van der Waals surface area contributed by atoms with Crippen LogP contribution in [0.15, 0.2) is 69.5 Å². The van der Waals surface area contributed by atoms with E-state index in [-0.39, 0.29) is 11.4 Å². The van der Waals surface area contributed by atoms with Crippen LogP contribution in [0.25, 0.3) is 10.2 Å². The minimum atomic E-state index is -3.83. The predicted molar refractivity (Wildman–Crippen MR) is 128 cm³/mol. The second-order valence-electron chi connectivity index (χ2n) is 7.30. The molecule has 0 saturated carbocycles. The largest absolute Gasteiger partial charge is 0.497 e. The Balaban J connectivity index is 1.70. The fourth-order valence-electron chi connectivity index (χ4n) is 3.76. The van der Waals surface area contributed by atoms with Crippen molar-refractivity contribution in [2.75, 3.05) is 13.7 Å². The van der Waals surface area contributed by atoms with Gasteiger partial charge in [0.25, 0.3) is 5.91 Å². The third kappa shape index (κ3) is 4.32. The highest BCUT2D eigenvalue weighted by Crippen LogP contribution is 2.28. The normalized spacial score (nSPS) is 17.7. The highest BCUT2D eigenvalue weighted by Gasteiger charge is 2.39. The van der Waals surface area contributed by atoms with E-state index in [4.69, 9.17) is 4.74 Å². The van der Waals surface area contributed by atoms with Gasteiger partial charge in [0.1, 0.15) is 11.8 Å². The highest BCUT2D eigenvalue weighted by atomic mass is 79.9. The highest BCUT2D eigenvalue weighted by molar-refractivity contribution is 9.10. The maximum atomic E-state index is 13.2. The number of allylic oxidation sites excluding steroid dienone is 1. The molecule has 1 atom stereocenters. The molecule has 2 heterocycles. The molecule has 10 heteroatoms. The van der Waals surface area contributed by atoms with Crippen LogP contribution < -0.4 is 9.54 Å². The van der Waals surface area contributed by atoms with Gasteiger partial charge in [-0.3, -0.25) is 4.79 Å². The van der Waals surface area contributed by atoms with Crippen LogP contribution in [-0.4, -0.2) is 42.9 Å². The molecule has 0 bridgehead atoms. The zero-order valence-electron chi connectivity index (χ0n) is 17.4. The van der Waals surface area contributed by atoms with Crippen LogP contribution in [-0.2, 0) is 21.4 Å². The number of hydrogen-bond acceptors (Lipinski definition) is 5. The summed E-state index contributed by atoms with van der Waals surface area (Å²) in [5.41, 5.74) is 0.943. The molecule has 0 spiro atoms. The molecule has 2 aromatic carbocycles. The van der Waals surface area contributed by atoms with Crippen LogP contribution >= 0.6 is 27.3 Å². The summed E-state index contributed by atoms with van der Waals surface area (Å²) in [5, 5.41) is 0. The summed E-state index contributed by atoms with van der Waals surface area (Å²) in [4.78, 5) is 18.2. The average molecular weight is 536 g/mol. The molecule has 1 unspecified atom stereocenters. The van der Waals surface area contributed by atoms with Gasteiger partial charge in [-0.15, -0.1) is 6.58 Å². The standard InChI is InChI=1S/C22H22BrN3O4S2/c1-3-12-25-18-11-6-15(23)14-20(18)31-22(25)24-21(27)19-5-4-13-26(19)32(28,29)17-9-7-16(30-2)8-10-17/h3,6-11,14,19H,1,4-5,12-13H2,2H3. The zero-order chi connectivity index (χ0) is 22.9. The number of aromatic nitrogens is 1. The molecule has 0 N–H and O–H groups in total. The van der Waals surface area contributed by atoms with Gasteiger partial charge in [-0.05, 0) is 55.3 Å². The number of benzene rings is 2. The molecule has 1 fully saturated rings. The quantitative estimate of drug-likeness (QED) is 0.447. The van der Waals surface area contributed by atoms with E-state index in [1.807, 2.05) is 22.8 Å². The van der Waals surface area contributed by atoms with E-state index in [0.717, 1.165) is 14.7 Å². The number of methoxy groups -OCH3 is 1. The van der Waals surface area contributed by atoms with Crippen LogP contribution in [0.4, 0.5) is 0 Å². The first kappa shape index (κ1) is 22.9. The number of sulfonamides is 1. The molecule has 1 aliphatic heterocycles. The Hall–Kier alpha value is -2.27. The van der Waals surface area contributed by atoms with Gasteiger partial charge in [0.05, 0.1) is 22.2 Å². The van der Waals surface area contributed by atoms with Crippen molar-refractivity contribution in [3.63, 3.8) is 0 Å². The number of halogens is 1. The Labute approximate surface area is 198 Å². The maximum Gasteiger partial charge on any atom is 0.266 e. The van der Waals surface area contributed by atoms with Crippen molar-refractivity contribution >= 4 is 53.4 Å². The molecule has 1 amide bonds. The monoisotopic (exact) mass is 535 g/mol. The Morgan fingerprint density at radius 1 is 1.31 bits per heavy atom. The lowest BCUT2D eigenvalue weighted by Crippen LogP contribution is -2.40. The lowest BCUT2D eigenvalue weighted by Gasteiger charge is -2.21.